The van der Waals surface area contributed by atoms with E-state index < -0.39 is 0 Å². The fourth-order valence-electron chi connectivity index (χ4n) is 2.24. The minimum absolute atomic E-state index is 0.0956. The molecule has 0 fully saturated rings. The molecule has 0 aliphatic rings. The predicted octanol–water partition coefficient (Wildman–Crippen LogP) is 3.70. The maximum atomic E-state index is 12.1. The first kappa shape index (κ1) is 19.3. The summed E-state index contributed by atoms with van der Waals surface area (Å²) < 4.78 is 10.4. The van der Waals surface area contributed by atoms with Crippen molar-refractivity contribution in [2.45, 2.75) is 19.8 Å². The smallest absolute Gasteiger partial charge is 0.338 e. The normalized spacial score (nSPS) is 10.1. The van der Waals surface area contributed by atoms with Gasteiger partial charge in [0, 0.05) is 5.69 Å². The van der Waals surface area contributed by atoms with E-state index >= 15 is 0 Å². The maximum Gasteiger partial charge on any atom is 0.338 e. The van der Waals surface area contributed by atoms with Crippen molar-refractivity contribution < 1.29 is 19.1 Å². The zero-order valence-electron chi connectivity index (χ0n) is 15.1. The Morgan fingerprint density at radius 1 is 1.04 bits per heavy atom. The second-order valence-electron chi connectivity index (χ2n) is 5.67. The number of unbranched alkanes of at least 4 members (excludes halogenated alkanes) is 1. The van der Waals surface area contributed by atoms with Gasteiger partial charge in [0.1, 0.15) is 5.75 Å². The van der Waals surface area contributed by atoms with Gasteiger partial charge < -0.3 is 20.1 Å². The maximum absolute atomic E-state index is 12.1. The van der Waals surface area contributed by atoms with E-state index in [1.807, 2.05) is 19.1 Å². The van der Waals surface area contributed by atoms with Crippen LogP contribution in [0.1, 0.15) is 30.1 Å². The average Bonchev–Trinajstić information content (AvgIpc) is 2.67. The van der Waals surface area contributed by atoms with Gasteiger partial charge in [-0.1, -0.05) is 25.5 Å². The van der Waals surface area contributed by atoms with Crippen molar-refractivity contribution >= 4 is 23.3 Å². The van der Waals surface area contributed by atoms with E-state index in [-0.39, 0.29) is 18.4 Å². The van der Waals surface area contributed by atoms with Gasteiger partial charge >= 0.3 is 5.97 Å². The van der Waals surface area contributed by atoms with E-state index in [1.165, 1.54) is 0 Å². The number of anilines is 2. The molecule has 0 heterocycles. The highest BCUT2D eigenvalue weighted by molar-refractivity contribution is 5.95. The van der Waals surface area contributed by atoms with E-state index in [0.717, 1.165) is 18.5 Å². The summed E-state index contributed by atoms with van der Waals surface area (Å²) >= 11 is 0. The minimum Gasteiger partial charge on any atom is -0.495 e. The monoisotopic (exact) mass is 356 g/mol. The first-order chi connectivity index (χ1) is 12.6. The summed E-state index contributed by atoms with van der Waals surface area (Å²) in [6.07, 6.45) is 1.83. The van der Waals surface area contributed by atoms with Crippen LogP contribution in [0.2, 0.25) is 0 Å². The molecular formula is C20H24N2O4. The molecule has 1 amide bonds. The van der Waals surface area contributed by atoms with Gasteiger partial charge in [-0.2, -0.15) is 0 Å². The fourth-order valence-corrected chi connectivity index (χ4v) is 2.24. The minimum atomic E-state index is -0.334. The van der Waals surface area contributed by atoms with Gasteiger partial charge in [0.25, 0.3) is 0 Å². The highest BCUT2D eigenvalue weighted by Gasteiger charge is 2.08. The molecule has 0 bridgehead atoms. The molecule has 0 aromatic heterocycles. The first-order valence-electron chi connectivity index (χ1n) is 8.58. The Bertz CT molecular complexity index is 729. The van der Waals surface area contributed by atoms with Gasteiger partial charge in [-0.05, 0) is 42.8 Å². The van der Waals surface area contributed by atoms with Crippen molar-refractivity contribution in [2.24, 2.45) is 0 Å². The predicted molar refractivity (Wildman–Crippen MR) is 102 cm³/mol. The van der Waals surface area contributed by atoms with Crippen LogP contribution in [0.5, 0.6) is 5.75 Å². The molecule has 6 heteroatoms. The number of para-hydroxylation sites is 2. The van der Waals surface area contributed by atoms with Crippen molar-refractivity contribution in [1.29, 1.82) is 0 Å². The molecule has 0 aliphatic carbocycles. The highest BCUT2D eigenvalue weighted by Crippen LogP contribution is 2.22. The van der Waals surface area contributed by atoms with Crippen molar-refractivity contribution in [3.8, 4) is 5.75 Å². The number of hydrogen-bond donors (Lipinski definition) is 2. The van der Waals surface area contributed by atoms with E-state index in [4.69, 9.17) is 9.47 Å². The molecule has 0 radical (unpaired) electrons. The number of carbonyl (C=O) groups is 2. The number of nitrogens with one attached hydrogen (secondary N) is 2. The van der Waals surface area contributed by atoms with Gasteiger partial charge in [0.15, 0.2) is 0 Å². The molecular weight excluding hydrogens is 332 g/mol. The van der Waals surface area contributed by atoms with E-state index in [1.54, 1.807) is 43.5 Å². The van der Waals surface area contributed by atoms with Crippen LogP contribution in [0.15, 0.2) is 48.5 Å². The van der Waals surface area contributed by atoms with Crippen LogP contribution in [0, 0.1) is 0 Å². The van der Waals surface area contributed by atoms with Crippen LogP contribution in [-0.2, 0) is 9.53 Å². The van der Waals surface area contributed by atoms with Gasteiger partial charge in [0.2, 0.25) is 5.91 Å². The molecule has 0 saturated heterocycles. The Balaban J connectivity index is 1.83. The lowest BCUT2D eigenvalue weighted by atomic mass is 10.2. The summed E-state index contributed by atoms with van der Waals surface area (Å²) in [7, 11) is 1.55. The molecule has 138 valence electrons. The first-order valence-corrected chi connectivity index (χ1v) is 8.58. The molecule has 0 aliphatic heterocycles. The van der Waals surface area contributed by atoms with Crippen molar-refractivity contribution in [3.63, 3.8) is 0 Å². The van der Waals surface area contributed by atoms with Crippen LogP contribution in [0.4, 0.5) is 11.4 Å². The second kappa shape index (κ2) is 10.1. The quantitative estimate of drug-likeness (QED) is 0.529. The topological polar surface area (TPSA) is 76.7 Å². The summed E-state index contributed by atoms with van der Waals surface area (Å²) in [4.78, 5) is 23.9. The molecule has 2 aromatic rings. The Kier molecular flexibility index (Phi) is 7.49. The van der Waals surface area contributed by atoms with E-state index in [2.05, 4.69) is 10.6 Å². The van der Waals surface area contributed by atoms with Gasteiger partial charge in [0.05, 0.1) is 31.5 Å². The molecule has 0 saturated carbocycles. The van der Waals surface area contributed by atoms with Crippen LogP contribution in [-0.4, -0.2) is 32.1 Å². The number of benzene rings is 2. The third-order valence-electron chi connectivity index (χ3n) is 3.69. The highest BCUT2D eigenvalue weighted by atomic mass is 16.5. The molecule has 0 atom stereocenters. The zero-order chi connectivity index (χ0) is 18.8. The van der Waals surface area contributed by atoms with Crippen molar-refractivity contribution in [3.05, 3.63) is 54.1 Å². The molecule has 0 spiro atoms. The van der Waals surface area contributed by atoms with Crippen LogP contribution < -0.4 is 15.4 Å². The van der Waals surface area contributed by atoms with Crippen molar-refractivity contribution in [2.75, 3.05) is 30.9 Å². The third-order valence-corrected chi connectivity index (χ3v) is 3.69. The average molecular weight is 356 g/mol. The summed E-state index contributed by atoms with van der Waals surface area (Å²) in [6.45, 7) is 2.56. The Morgan fingerprint density at radius 2 is 1.77 bits per heavy atom. The Labute approximate surface area is 153 Å². The standard InChI is InChI=1S/C20H24N2O4/c1-3-4-13-26-20(24)15-9-11-16(12-10-15)21-14-19(23)22-17-7-5-6-8-18(17)25-2/h5-12,21H,3-4,13-14H2,1-2H3,(H,22,23). The molecule has 26 heavy (non-hydrogen) atoms. The Morgan fingerprint density at radius 3 is 2.46 bits per heavy atom. The second-order valence-corrected chi connectivity index (χ2v) is 5.67. The van der Waals surface area contributed by atoms with Crippen LogP contribution in [0.25, 0.3) is 0 Å². The molecule has 6 nitrogen and oxygen atoms in total. The van der Waals surface area contributed by atoms with Crippen molar-refractivity contribution in [1.82, 2.24) is 0 Å². The zero-order valence-corrected chi connectivity index (χ0v) is 15.1. The van der Waals surface area contributed by atoms with Gasteiger partial charge in [-0.3, -0.25) is 4.79 Å². The van der Waals surface area contributed by atoms with Gasteiger partial charge in [-0.25, -0.2) is 4.79 Å². The lowest BCUT2D eigenvalue weighted by molar-refractivity contribution is -0.114. The fraction of sp³-hybridized carbons (Fsp3) is 0.300. The number of amides is 1. The number of methoxy groups -OCH3 is 1. The molecule has 0 unspecified atom stereocenters. The third kappa shape index (κ3) is 5.81. The van der Waals surface area contributed by atoms with Crippen LogP contribution in [0.3, 0.4) is 0 Å². The number of hydrogen-bond acceptors (Lipinski definition) is 5. The lowest BCUT2D eigenvalue weighted by Gasteiger charge is -2.11. The van der Waals surface area contributed by atoms with E-state index in [9.17, 15) is 9.59 Å². The number of esters is 1. The lowest BCUT2D eigenvalue weighted by Crippen LogP contribution is -2.22. The largest absolute Gasteiger partial charge is 0.495 e. The number of ether oxygens (including phenoxy) is 2. The number of rotatable bonds is 9. The Hall–Kier alpha value is -3.02. The summed E-state index contributed by atoms with van der Waals surface area (Å²) in [5, 5.41) is 5.81. The van der Waals surface area contributed by atoms with E-state index in [0.29, 0.717) is 23.6 Å². The number of carbonyl (C=O) groups excluding carboxylic acids is 2. The van der Waals surface area contributed by atoms with Crippen LogP contribution >= 0.6 is 0 Å². The summed E-state index contributed by atoms with van der Waals surface area (Å²) in [6, 6.07) is 14.0. The summed E-state index contributed by atoms with van der Waals surface area (Å²) in [5.41, 5.74) is 1.85. The molecule has 2 N–H and O–H groups in total. The van der Waals surface area contributed by atoms with Gasteiger partial charge in [-0.15, -0.1) is 0 Å². The molecule has 2 aromatic carbocycles. The molecule has 2 rings (SSSR count). The SMILES string of the molecule is CCCCOC(=O)c1ccc(NCC(=O)Nc2ccccc2OC)cc1. The summed E-state index contributed by atoms with van der Waals surface area (Å²) in [5.74, 6) is 0.0725.